The van der Waals surface area contributed by atoms with Crippen LogP contribution in [-0.2, 0) is 17.9 Å². The van der Waals surface area contributed by atoms with Crippen LogP contribution < -0.4 is 5.32 Å². The molecule has 2 heterocycles. The molecule has 0 saturated carbocycles. The molecule has 0 aliphatic rings. The fraction of sp³-hybridized carbons (Fsp3) is 0.250. The molecule has 0 bridgehead atoms. The molecule has 1 amide bonds. The van der Waals surface area contributed by atoms with Crippen molar-refractivity contribution in [3.63, 3.8) is 0 Å². The first-order chi connectivity index (χ1) is 12.6. The lowest BCUT2D eigenvalue weighted by Crippen LogP contribution is -2.37. The summed E-state index contributed by atoms with van der Waals surface area (Å²) < 4.78 is 10.8. The number of carbonyl (C=O) groups excluding carboxylic acids is 1. The summed E-state index contributed by atoms with van der Waals surface area (Å²) in [5.41, 5.74) is 0.895. The number of benzene rings is 1. The third-order valence-electron chi connectivity index (χ3n) is 4.04. The van der Waals surface area contributed by atoms with E-state index in [9.17, 15) is 4.79 Å². The van der Waals surface area contributed by atoms with Crippen molar-refractivity contribution >= 4 is 17.5 Å². The van der Waals surface area contributed by atoms with Crippen LogP contribution in [0.3, 0.4) is 0 Å². The maximum atomic E-state index is 12.5. The van der Waals surface area contributed by atoms with Gasteiger partial charge in [0, 0.05) is 5.02 Å². The summed E-state index contributed by atoms with van der Waals surface area (Å²) in [6.07, 6.45) is 3.25. The number of amides is 1. The predicted octanol–water partition coefficient (Wildman–Crippen LogP) is 4.41. The van der Waals surface area contributed by atoms with Gasteiger partial charge in [-0.05, 0) is 42.8 Å². The van der Waals surface area contributed by atoms with Crippen LogP contribution in [0.2, 0.25) is 5.02 Å². The molecule has 5 nitrogen and oxygen atoms in total. The highest BCUT2D eigenvalue weighted by atomic mass is 35.5. The first kappa shape index (κ1) is 18.3. The largest absolute Gasteiger partial charge is 0.468 e. The Bertz CT molecular complexity index is 779. The molecule has 0 spiro atoms. The monoisotopic (exact) mass is 372 g/mol. The molecule has 0 aliphatic carbocycles. The van der Waals surface area contributed by atoms with Crippen LogP contribution in [0.1, 0.15) is 30.0 Å². The Morgan fingerprint density at radius 3 is 2.19 bits per heavy atom. The number of halogens is 1. The second-order valence-electron chi connectivity index (χ2n) is 6.11. The Hall–Kier alpha value is -2.50. The highest BCUT2D eigenvalue weighted by Gasteiger charge is 2.17. The third-order valence-corrected chi connectivity index (χ3v) is 4.38. The molecular weight excluding hydrogens is 352 g/mol. The topological polar surface area (TPSA) is 58.6 Å². The summed E-state index contributed by atoms with van der Waals surface area (Å²) in [5.74, 6) is 1.50. The lowest BCUT2D eigenvalue weighted by atomic mass is 10.1. The van der Waals surface area contributed by atoms with Crippen LogP contribution in [0.15, 0.2) is 69.9 Å². The molecule has 1 N–H and O–H groups in total. The molecule has 0 saturated heterocycles. The van der Waals surface area contributed by atoms with Crippen molar-refractivity contribution in [3.05, 3.63) is 83.2 Å². The summed E-state index contributed by atoms with van der Waals surface area (Å²) in [5, 5.41) is 3.64. The summed E-state index contributed by atoms with van der Waals surface area (Å²) in [7, 11) is 0. The van der Waals surface area contributed by atoms with Crippen LogP contribution in [-0.4, -0.2) is 17.4 Å². The van der Waals surface area contributed by atoms with Gasteiger partial charge in [0.2, 0.25) is 5.91 Å². The van der Waals surface area contributed by atoms with Gasteiger partial charge in [0.1, 0.15) is 11.5 Å². The van der Waals surface area contributed by atoms with Crippen molar-refractivity contribution in [3.8, 4) is 0 Å². The van der Waals surface area contributed by atoms with Crippen molar-refractivity contribution in [2.45, 2.75) is 26.1 Å². The van der Waals surface area contributed by atoms with Gasteiger partial charge in [0.15, 0.2) is 0 Å². The zero-order valence-electron chi connectivity index (χ0n) is 14.5. The fourth-order valence-corrected chi connectivity index (χ4v) is 3.11. The summed E-state index contributed by atoms with van der Waals surface area (Å²) in [4.78, 5) is 14.5. The number of nitrogens with one attached hydrogen (secondary N) is 1. The van der Waals surface area contributed by atoms with Crippen molar-refractivity contribution in [1.82, 2.24) is 10.2 Å². The van der Waals surface area contributed by atoms with Gasteiger partial charge in [-0.1, -0.05) is 29.8 Å². The molecule has 1 atom stereocenters. The number of rotatable bonds is 8. The molecule has 0 fully saturated rings. The zero-order chi connectivity index (χ0) is 18.4. The average Bonchev–Trinajstić information content (AvgIpc) is 3.29. The predicted molar refractivity (Wildman–Crippen MR) is 99.5 cm³/mol. The Morgan fingerprint density at radius 1 is 1.04 bits per heavy atom. The lowest BCUT2D eigenvalue weighted by molar-refractivity contribution is -0.123. The van der Waals surface area contributed by atoms with E-state index in [0.717, 1.165) is 17.1 Å². The van der Waals surface area contributed by atoms with Gasteiger partial charge in [-0.2, -0.15) is 0 Å². The highest BCUT2D eigenvalue weighted by Crippen LogP contribution is 2.22. The smallest absolute Gasteiger partial charge is 0.234 e. The van der Waals surface area contributed by atoms with E-state index in [4.69, 9.17) is 20.4 Å². The van der Waals surface area contributed by atoms with Crippen LogP contribution in [0.4, 0.5) is 0 Å². The van der Waals surface area contributed by atoms with Crippen molar-refractivity contribution < 1.29 is 13.6 Å². The van der Waals surface area contributed by atoms with Crippen molar-refractivity contribution in [2.24, 2.45) is 0 Å². The number of hydrogen-bond donors (Lipinski definition) is 1. The number of furan rings is 2. The first-order valence-corrected chi connectivity index (χ1v) is 8.80. The minimum absolute atomic E-state index is 0.0875. The van der Waals surface area contributed by atoms with E-state index >= 15 is 0 Å². The van der Waals surface area contributed by atoms with E-state index in [1.807, 2.05) is 60.4 Å². The average molecular weight is 373 g/mol. The number of nitrogens with zero attached hydrogens (tertiary/aromatic N) is 1. The Morgan fingerprint density at radius 2 is 1.65 bits per heavy atom. The molecule has 1 unspecified atom stereocenters. The van der Waals surface area contributed by atoms with E-state index in [1.165, 1.54) is 0 Å². The van der Waals surface area contributed by atoms with Gasteiger partial charge in [0.25, 0.3) is 0 Å². The Labute approximate surface area is 157 Å². The van der Waals surface area contributed by atoms with Gasteiger partial charge < -0.3 is 14.2 Å². The van der Waals surface area contributed by atoms with E-state index in [1.54, 1.807) is 12.5 Å². The molecule has 0 aliphatic heterocycles. The van der Waals surface area contributed by atoms with Crippen LogP contribution in [0.5, 0.6) is 0 Å². The first-order valence-electron chi connectivity index (χ1n) is 8.42. The van der Waals surface area contributed by atoms with Crippen LogP contribution >= 0.6 is 11.6 Å². The van der Waals surface area contributed by atoms with Gasteiger partial charge in [-0.3, -0.25) is 9.69 Å². The second kappa shape index (κ2) is 8.74. The summed E-state index contributed by atoms with van der Waals surface area (Å²) in [6, 6.07) is 14.8. The summed E-state index contributed by atoms with van der Waals surface area (Å²) >= 11 is 6.21. The normalized spacial score (nSPS) is 12.3. The van der Waals surface area contributed by atoms with E-state index in [0.29, 0.717) is 18.1 Å². The highest BCUT2D eigenvalue weighted by molar-refractivity contribution is 6.31. The van der Waals surface area contributed by atoms with Gasteiger partial charge in [-0.15, -0.1) is 0 Å². The maximum Gasteiger partial charge on any atom is 0.234 e. The number of carbonyl (C=O) groups is 1. The molecule has 2 aromatic heterocycles. The van der Waals surface area contributed by atoms with Crippen LogP contribution in [0, 0.1) is 0 Å². The lowest BCUT2D eigenvalue weighted by Gasteiger charge is -2.22. The second-order valence-corrected chi connectivity index (χ2v) is 6.52. The zero-order valence-corrected chi connectivity index (χ0v) is 15.3. The molecular formula is C20H21ClN2O3. The molecule has 6 heteroatoms. The SMILES string of the molecule is CC(NC(=O)CN(Cc1ccco1)Cc1ccco1)c1ccccc1Cl. The Balaban J connectivity index is 1.63. The molecule has 0 radical (unpaired) electrons. The minimum Gasteiger partial charge on any atom is -0.468 e. The van der Waals surface area contributed by atoms with Crippen LogP contribution in [0.25, 0.3) is 0 Å². The van der Waals surface area contributed by atoms with E-state index in [-0.39, 0.29) is 18.5 Å². The van der Waals surface area contributed by atoms with Gasteiger partial charge in [0.05, 0.1) is 38.2 Å². The Kier molecular flexibility index (Phi) is 6.15. The van der Waals surface area contributed by atoms with E-state index in [2.05, 4.69) is 5.32 Å². The molecule has 3 rings (SSSR count). The van der Waals surface area contributed by atoms with E-state index < -0.39 is 0 Å². The third kappa shape index (κ3) is 5.00. The molecule has 26 heavy (non-hydrogen) atoms. The van der Waals surface area contributed by atoms with Gasteiger partial charge >= 0.3 is 0 Å². The standard InChI is InChI=1S/C20H21ClN2O3/c1-15(18-8-2-3-9-19(18)21)22-20(24)14-23(12-16-6-4-10-25-16)13-17-7-5-11-26-17/h2-11,15H,12-14H2,1H3,(H,22,24). The summed E-state index contributed by atoms with van der Waals surface area (Å²) in [6.45, 7) is 3.17. The maximum absolute atomic E-state index is 12.5. The number of hydrogen-bond acceptors (Lipinski definition) is 4. The van der Waals surface area contributed by atoms with Gasteiger partial charge in [-0.25, -0.2) is 0 Å². The molecule has 136 valence electrons. The van der Waals surface area contributed by atoms with Crippen molar-refractivity contribution in [1.29, 1.82) is 0 Å². The minimum atomic E-state index is -0.176. The molecule has 1 aromatic carbocycles. The molecule has 3 aromatic rings. The quantitative estimate of drug-likeness (QED) is 0.636. The van der Waals surface area contributed by atoms with Crippen molar-refractivity contribution in [2.75, 3.05) is 6.54 Å². The fourth-order valence-electron chi connectivity index (χ4n) is 2.81.